The van der Waals surface area contributed by atoms with Gasteiger partial charge in [-0.05, 0) is 60.8 Å². The summed E-state index contributed by atoms with van der Waals surface area (Å²) in [6.07, 6.45) is 4.81. The zero-order chi connectivity index (χ0) is 13.7. The van der Waals surface area contributed by atoms with E-state index in [0.29, 0.717) is 18.4 Å². The molecule has 0 aromatic carbocycles. The van der Waals surface area contributed by atoms with Crippen LogP contribution in [0.3, 0.4) is 0 Å². The maximum absolute atomic E-state index is 12.1. The SMILES string of the molecule is CNC1CCN(C(=O)CCCc2ccc(Br)s2)CC1.Cl. The van der Waals surface area contributed by atoms with Crippen LogP contribution in [0.2, 0.25) is 0 Å². The van der Waals surface area contributed by atoms with E-state index in [9.17, 15) is 4.79 Å². The number of rotatable bonds is 5. The molecule has 3 nitrogen and oxygen atoms in total. The molecule has 1 fully saturated rings. The highest BCUT2D eigenvalue weighted by molar-refractivity contribution is 9.11. The molecule has 1 aromatic rings. The number of aryl methyl sites for hydroxylation is 1. The minimum Gasteiger partial charge on any atom is -0.343 e. The van der Waals surface area contributed by atoms with Gasteiger partial charge in [0.25, 0.3) is 0 Å². The molecule has 1 saturated heterocycles. The third-order valence-corrected chi connectivity index (χ3v) is 5.38. The van der Waals surface area contributed by atoms with Gasteiger partial charge in [-0.3, -0.25) is 4.79 Å². The summed E-state index contributed by atoms with van der Waals surface area (Å²) in [5.41, 5.74) is 0. The van der Waals surface area contributed by atoms with Crippen molar-refractivity contribution in [3.05, 3.63) is 20.8 Å². The third-order valence-electron chi connectivity index (χ3n) is 3.70. The standard InChI is InChI=1S/C14H21BrN2OS.ClH/c1-16-11-7-9-17(10-8-11)14(18)4-2-3-12-5-6-13(15)19-12;/h5-6,11,16H,2-4,7-10H2,1H3;1H. The van der Waals surface area contributed by atoms with Crippen molar-refractivity contribution in [1.82, 2.24) is 10.2 Å². The van der Waals surface area contributed by atoms with E-state index in [4.69, 9.17) is 0 Å². The number of nitrogens with zero attached hydrogens (tertiary/aromatic N) is 1. The molecule has 0 bridgehead atoms. The Bertz CT molecular complexity index is 419. The Balaban J connectivity index is 0.00000200. The van der Waals surface area contributed by atoms with Gasteiger partial charge in [0.2, 0.25) is 5.91 Å². The Labute approximate surface area is 139 Å². The van der Waals surface area contributed by atoms with E-state index < -0.39 is 0 Å². The van der Waals surface area contributed by atoms with Gasteiger partial charge in [-0.25, -0.2) is 0 Å². The van der Waals surface area contributed by atoms with Gasteiger partial charge in [0, 0.05) is 30.4 Å². The summed E-state index contributed by atoms with van der Waals surface area (Å²) < 4.78 is 1.17. The van der Waals surface area contributed by atoms with Crippen LogP contribution in [0.25, 0.3) is 0 Å². The summed E-state index contributed by atoms with van der Waals surface area (Å²) in [5.74, 6) is 0.324. The molecule has 1 aliphatic heterocycles. The van der Waals surface area contributed by atoms with E-state index in [-0.39, 0.29) is 12.4 Å². The Kier molecular flexibility index (Phi) is 8.10. The van der Waals surface area contributed by atoms with Crippen LogP contribution in [0.4, 0.5) is 0 Å². The molecule has 1 N–H and O–H groups in total. The maximum atomic E-state index is 12.1. The number of hydrogen-bond acceptors (Lipinski definition) is 3. The number of likely N-dealkylation sites (tertiary alicyclic amines) is 1. The molecule has 0 radical (unpaired) electrons. The average Bonchev–Trinajstić information content (AvgIpc) is 2.84. The molecule has 0 aliphatic carbocycles. The second kappa shape index (κ2) is 9.03. The smallest absolute Gasteiger partial charge is 0.222 e. The lowest BCUT2D eigenvalue weighted by Gasteiger charge is -2.31. The molecule has 1 amide bonds. The number of hydrogen-bond donors (Lipinski definition) is 1. The zero-order valence-corrected chi connectivity index (χ0v) is 15.0. The van der Waals surface area contributed by atoms with E-state index >= 15 is 0 Å². The van der Waals surface area contributed by atoms with Crippen molar-refractivity contribution in [3.63, 3.8) is 0 Å². The van der Waals surface area contributed by atoms with Crippen molar-refractivity contribution in [2.24, 2.45) is 0 Å². The molecule has 6 heteroatoms. The first-order chi connectivity index (χ1) is 9.19. The largest absolute Gasteiger partial charge is 0.343 e. The van der Waals surface area contributed by atoms with Crippen molar-refractivity contribution in [2.45, 2.75) is 38.1 Å². The van der Waals surface area contributed by atoms with Crippen LogP contribution < -0.4 is 5.32 Å². The van der Waals surface area contributed by atoms with Gasteiger partial charge < -0.3 is 10.2 Å². The van der Waals surface area contributed by atoms with Gasteiger partial charge in [-0.15, -0.1) is 23.7 Å². The number of thiophene rings is 1. The van der Waals surface area contributed by atoms with Crippen LogP contribution in [-0.2, 0) is 11.2 Å². The fourth-order valence-corrected chi connectivity index (χ4v) is 4.00. The molecule has 0 atom stereocenters. The predicted molar refractivity (Wildman–Crippen MR) is 90.9 cm³/mol. The first-order valence-corrected chi connectivity index (χ1v) is 8.49. The Morgan fingerprint density at radius 1 is 1.45 bits per heavy atom. The number of halogens is 2. The summed E-state index contributed by atoms with van der Waals surface area (Å²) in [7, 11) is 2.00. The van der Waals surface area contributed by atoms with Crippen LogP contribution in [0.15, 0.2) is 15.9 Å². The molecule has 20 heavy (non-hydrogen) atoms. The Hall–Kier alpha value is -0.100. The van der Waals surface area contributed by atoms with Crippen molar-refractivity contribution >= 4 is 45.6 Å². The molecule has 0 saturated carbocycles. The number of nitrogens with one attached hydrogen (secondary N) is 1. The molecule has 1 aliphatic rings. The Morgan fingerprint density at radius 2 is 2.15 bits per heavy atom. The van der Waals surface area contributed by atoms with Gasteiger partial charge in [0.05, 0.1) is 3.79 Å². The van der Waals surface area contributed by atoms with Crippen molar-refractivity contribution in [1.29, 1.82) is 0 Å². The number of amides is 1. The lowest BCUT2D eigenvalue weighted by atomic mass is 10.0. The van der Waals surface area contributed by atoms with Gasteiger partial charge in [0.1, 0.15) is 0 Å². The summed E-state index contributed by atoms with van der Waals surface area (Å²) in [6, 6.07) is 4.80. The molecular weight excluding hydrogens is 360 g/mol. The number of piperidine rings is 1. The van der Waals surface area contributed by atoms with E-state index in [2.05, 4.69) is 33.4 Å². The van der Waals surface area contributed by atoms with Crippen LogP contribution in [-0.4, -0.2) is 37.0 Å². The fourth-order valence-electron chi connectivity index (χ4n) is 2.48. The highest BCUT2D eigenvalue weighted by Gasteiger charge is 2.21. The quantitative estimate of drug-likeness (QED) is 0.847. The van der Waals surface area contributed by atoms with E-state index in [1.807, 2.05) is 11.9 Å². The predicted octanol–water partition coefficient (Wildman–Crippen LogP) is 3.47. The Morgan fingerprint density at radius 3 is 2.70 bits per heavy atom. The second-order valence-electron chi connectivity index (χ2n) is 5.00. The van der Waals surface area contributed by atoms with Gasteiger partial charge in [-0.1, -0.05) is 0 Å². The molecule has 114 valence electrons. The minimum absolute atomic E-state index is 0. The highest BCUT2D eigenvalue weighted by Crippen LogP contribution is 2.23. The van der Waals surface area contributed by atoms with Crippen molar-refractivity contribution in [2.75, 3.05) is 20.1 Å². The van der Waals surface area contributed by atoms with Crippen LogP contribution in [0.5, 0.6) is 0 Å². The van der Waals surface area contributed by atoms with Gasteiger partial charge >= 0.3 is 0 Å². The lowest BCUT2D eigenvalue weighted by Crippen LogP contribution is -2.43. The highest BCUT2D eigenvalue weighted by atomic mass is 79.9. The topological polar surface area (TPSA) is 32.3 Å². The van der Waals surface area contributed by atoms with Crippen LogP contribution in [0.1, 0.15) is 30.6 Å². The summed E-state index contributed by atoms with van der Waals surface area (Å²) in [5, 5.41) is 3.29. The molecule has 0 spiro atoms. The van der Waals surface area contributed by atoms with Gasteiger partial charge in [0.15, 0.2) is 0 Å². The first-order valence-electron chi connectivity index (χ1n) is 6.88. The van der Waals surface area contributed by atoms with Crippen molar-refractivity contribution < 1.29 is 4.79 Å². The van der Waals surface area contributed by atoms with Crippen molar-refractivity contribution in [3.8, 4) is 0 Å². The monoisotopic (exact) mass is 380 g/mol. The lowest BCUT2D eigenvalue weighted by molar-refractivity contribution is -0.132. The maximum Gasteiger partial charge on any atom is 0.222 e. The molecule has 0 unspecified atom stereocenters. The first kappa shape index (κ1) is 18.0. The van der Waals surface area contributed by atoms with Gasteiger partial charge in [-0.2, -0.15) is 0 Å². The summed E-state index contributed by atoms with van der Waals surface area (Å²) in [4.78, 5) is 15.5. The molecular formula is C14H22BrClN2OS. The average molecular weight is 382 g/mol. The zero-order valence-electron chi connectivity index (χ0n) is 11.7. The third kappa shape index (κ3) is 5.35. The van der Waals surface area contributed by atoms with Crippen LogP contribution in [0, 0.1) is 0 Å². The number of carbonyl (C=O) groups is 1. The van der Waals surface area contributed by atoms with E-state index in [1.165, 1.54) is 8.66 Å². The summed E-state index contributed by atoms with van der Waals surface area (Å²) >= 11 is 5.23. The fraction of sp³-hybridized carbons (Fsp3) is 0.643. The normalized spacial score (nSPS) is 16.0. The summed E-state index contributed by atoms with van der Waals surface area (Å²) in [6.45, 7) is 1.82. The minimum atomic E-state index is 0. The second-order valence-corrected chi connectivity index (χ2v) is 7.55. The number of carbonyl (C=O) groups excluding carboxylic acids is 1. The molecule has 1 aromatic heterocycles. The van der Waals surface area contributed by atoms with E-state index in [1.54, 1.807) is 11.3 Å². The molecule has 2 rings (SSSR count). The van der Waals surface area contributed by atoms with Crippen LogP contribution >= 0.6 is 39.7 Å². The van der Waals surface area contributed by atoms with E-state index in [0.717, 1.165) is 38.8 Å². The molecule has 2 heterocycles.